The predicted octanol–water partition coefficient (Wildman–Crippen LogP) is 5.26. The van der Waals surface area contributed by atoms with Crippen LogP contribution in [0.3, 0.4) is 0 Å². The van der Waals surface area contributed by atoms with E-state index >= 15 is 0 Å². The first-order chi connectivity index (χ1) is 9.79. The maximum Gasteiger partial charge on any atom is 0.117 e. The zero-order valence-electron chi connectivity index (χ0n) is 10.8. The molecule has 0 fully saturated rings. The lowest BCUT2D eigenvalue weighted by Gasteiger charge is -2.19. The maximum atomic E-state index is 6.01. The molecule has 2 nitrogen and oxygen atoms in total. The molecule has 0 saturated carbocycles. The molecule has 5 heteroatoms. The van der Waals surface area contributed by atoms with Crippen LogP contribution in [0.4, 0.5) is 0 Å². The highest BCUT2D eigenvalue weighted by molar-refractivity contribution is 7.16. The van der Waals surface area contributed by atoms with Crippen LogP contribution in [0.25, 0.3) is 0 Å². The van der Waals surface area contributed by atoms with Crippen molar-refractivity contribution in [3.05, 3.63) is 67.9 Å². The van der Waals surface area contributed by atoms with Gasteiger partial charge in [0.1, 0.15) is 5.76 Å². The van der Waals surface area contributed by atoms with Crippen molar-refractivity contribution in [3.8, 4) is 0 Å². The molecule has 0 saturated heterocycles. The molecule has 3 aromatic rings. The smallest absolute Gasteiger partial charge is 0.117 e. The Morgan fingerprint density at radius 1 is 1.00 bits per heavy atom. The molecule has 0 spiro atoms. The summed E-state index contributed by atoms with van der Waals surface area (Å²) < 4.78 is 6.31. The van der Waals surface area contributed by atoms with E-state index < -0.39 is 0 Å². The molecule has 0 aliphatic carbocycles. The Bertz CT molecular complexity index is 594. The fraction of sp³-hybridized carbons (Fsp3) is 0.200. The Morgan fingerprint density at radius 2 is 1.90 bits per heavy atom. The monoisotopic (exact) mass is 323 g/mol. The first-order valence-electron chi connectivity index (χ1n) is 6.31. The van der Waals surface area contributed by atoms with Gasteiger partial charge in [-0.1, -0.05) is 17.7 Å². The third kappa shape index (κ3) is 3.73. The molecule has 104 valence electrons. The zero-order chi connectivity index (χ0) is 13.8. The Morgan fingerprint density at radius 3 is 2.55 bits per heavy atom. The average molecular weight is 324 g/mol. The van der Waals surface area contributed by atoms with E-state index in [0.717, 1.165) is 29.7 Å². The Hall–Kier alpha value is -1.07. The van der Waals surface area contributed by atoms with Gasteiger partial charge in [0.2, 0.25) is 0 Å². The van der Waals surface area contributed by atoms with Gasteiger partial charge >= 0.3 is 0 Å². The van der Waals surface area contributed by atoms with Crippen LogP contribution >= 0.6 is 34.3 Å². The molecule has 20 heavy (non-hydrogen) atoms. The molecular formula is C15H14ClNOS2. The minimum Gasteiger partial charge on any atom is -0.468 e. The van der Waals surface area contributed by atoms with Crippen LogP contribution in [0, 0.1) is 0 Å². The summed E-state index contributed by atoms with van der Waals surface area (Å²) in [6, 6.07) is 12.3. The van der Waals surface area contributed by atoms with Crippen LogP contribution in [-0.2, 0) is 19.6 Å². The van der Waals surface area contributed by atoms with Gasteiger partial charge in [0.25, 0.3) is 0 Å². The summed E-state index contributed by atoms with van der Waals surface area (Å²) in [6.45, 7) is 2.62. The number of nitrogens with zero attached hydrogens (tertiary/aromatic N) is 1. The number of halogens is 1. The summed E-state index contributed by atoms with van der Waals surface area (Å²) in [5.74, 6) is 0.990. The lowest BCUT2D eigenvalue weighted by molar-refractivity contribution is 0.231. The van der Waals surface area contributed by atoms with Crippen molar-refractivity contribution in [3.63, 3.8) is 0 Å². The number of rotatable bonds is 6. The van der Waals surface area contributed by atoms with Gasteiger partial charge in [-0.15, -0.1) is 22.7 Å². The quantitative estimate of drug-likeness (QED) is 0.615. The number of thiophene rings is 2. The largest absolute Gasteiger partial charge is 0.468 e. The molecular weight excluding hydrogens is 310 g/mol. The van der Waals surface area contributed by atoms with Crippen molar-refractivity contribution < 1.29 is 4.42 Å². The molecule has 3 heterocycles. The van der Waals surface area contributed by atoms with Crippen LogP contribution in [0.2, 0.25) is 4.34 Å². The lowest BCUT2D eigenvalue weighted by Crippen LogP contribution is -2.21. The molecule has 0 bridgehead atoms. The van der Waals surface area contributed by atoms with E-state index in [0.29, 0.717) is 0 Å². The predicted molar refractivity (Wildman–Crippen MR) is 85.3 cm³/mol. The highest BCUT2D eigenvalue weighted by atomic mass is 35.5. The van der Waals surface area contributed by atoms with Crippen molar-refractivity contribution in [2.45, 2.75) is 19.6 Å². The summed E-state index contributed by atoms with van der Waals surface area (Å²) in [7, 11) is 0. The summed E-state index contributed by atoms with van der Waals surface area (Å²) in [5, 5.41) is 2.11. The fourth-order valence-electron chi connectivity index (χ4n) is 2.07. The van der Waals surface area contributed by atoms with Crippen LogP contribution in [-0.4, -0.2) is 4.90 Å². The topological polar surface area (TPSA) is 16.4 Å². The van der Waals surface area contributed by atoms with Crippen molar-refractivity contribution in [2.24, 2.45) is 0 Å². The van der Waals surface area contributed by atoms with Crippen molar-refractivity contribution >= 4 is 34.3 Å². The normalized spacial score (nSPS) is 11.3. The highest BCUT2D eigenvalue weighted by Gasteiger charge is 2.11. The van der Waals surface area contributed by atoms with Crippen LogP contribution in [0.5, 0.6) is 0 Å². The molecule has 3 rings (SSSR count). The second kappa shape index (κ2) is 6.59. The molecule has 0 atom stereocenters. The van der Waals surface area contributed by atoms with E-state index in [1.165, 1.54) is 9.75 Å². The van der Waals surface area contributed by atoms with E-state index in [4.69, 9.17) is 16.0 Å². The summed E-state index contributed by atoms with van der Waals surface area (Å²) in [5.41, 5.74) is 0. The molecule has 3 aromatic heterocycles. The second-order valence-corrected chi connectivity index (χ2v) is 7.34. The number of hydrogen-bond donors (Lipinski definition) is 0. The maximum absolute atomic E-state index is 6.01. The summed E-state index contributed by atoms with van der Waals surface area (Å²) >= 11 is 9.44. The fourth-order valence-corrected chi connectivity index (χ4v) is 3.95. The average Bonchev–Trinajstić information content (AvgIpc) is 3.13. The van der Waals surface area contributed by atoms with E-state index in [1.807, 2.05) is 18.2 Å². The van der Waals surface area contributed by atoms with Gasteiger partial charge in [-0.25, -0.2) is 0 Å². The lowest BCUT2D eigenvalue weighted by atomic mass is 10.3. The molecule has 0 radical (unpaired) electrons. The summed E-state index contributed by atoms with van der Waals surface area (Å²) in [4.78, 5) is 5.00. The number of furan rings is 1. The van der Waals surface area contributed by atoms with Gasteiger partial charge in [-0.05, 0) is 35.7 Å². The van der Waals surface area contributed by atoms with E-state index in [-0.39, 0.29) is 0 Å². The minimum atomic E-state index is 0.806. The Labute approximate surface area is 131 Å². The van der Waals surface area contributed by atoms with Crippen molar-refractivity contribution in [1.82, 2.24) is 4.90 Å². The molecule has 0 amide bonds. The van der Waals surface area contributed by atoms with Gasteiger partial charge in [0.05, 0.1) is 17.1 Å². The molecule has 0 aliphatic rings. The second-order valence-electron chi connectivity index (χ2n) is 4.51. The highest BCUT2D eigenvalue weighted by Crippen LogP contribution is 2.24. The standard InChI is InChI=1S/C15H14ClNOS2/c16-15-6-5-14(20-15)11-17(9-12-3-1-7-18-12)10-13-4-2-8-19-13/h1-8H,9-11H2. The summed E-state index contributed by atoms with van der Waals surface area (Å²) in [6.07, 6.45) is 1.72. The van der Waals surface area contributed by atoms with E-state index in [1.54, 1.807) is 28.9 Å². The Kier molecular flexibility index (Phi) is 4.58. The van der Waals surface area contributed by atoms with Gasteiger partial charge < -0.3 is 4.42 Å². The molecule has 0 N–H and O–H groups in total. The van der Waals surface area contributed by atoms with Crippen molar-refractivity contribution in [1.29, 1.82) is 0 Å². The Balaban J connectivity index is 1.72. The SMILES string of the molecule is Clc1ccc(CN(Cc2ccco2)Cc2cccs2)s1. The van der Waals surface area contributed by atoms with Crippen LogP contribution < -0.4 is 0 Å². The minimum absolute atomic E-state index is 0.806. The third-order valence-corrected chi connectivity index (χ3v) is 5.00. The van der Waals surface area contributed by atoms with Gasteiger partial charge in [0, 0.05) is 22.8 Å². The molecule has 0 unspecified atom stereocenters. The molecule has 0 aliphatic heterocycles. The van der Waals surface area contributed by atoms with E-state index in [9.17, 15) is 0 Å². The molecule has 0 aromatic carbocycles. The first-order valence-corrected chi connectivity index (χ1v) is 8.38. The third-order valence-electron chi connectivity index (χ3n) is 2.93. The van der Waals surface area contributed by atoms with Gasteiger partial charge in [-0.3, -0.25) is 4.90 Å². The van der Waals surface area contributed by atoms with Gasteiger partial charge in [-0.2, -0.15) is 0 Å². The van der Waals surface area contributed by atoms with E-state index in [2.05, 4.69) is 28.5 Å². The van der Waals surface area contributed by atoms with Gasteiger partial charge in [0.15, 0.2) is 0 Å². The zero-order valence-corrected chi connectivity index (χ0v) is 13.2. The first kappa shape index (κ1) is 13.9. The number of hydrogen-bond acceptors (Lipinski definition) is 4. The van der Waals surface area contributed by atoms with Crippen molar-refractivity contribution in [2.75, 3.05) is 0 Å². The van der Waals surface area contributed by atoms with Crippen LogP contribution in [0.15, 0.2) is 52.5 Å². The van der Waals surface area contributed by atoms with Crippen LogP contribution in [0.1, 0.15) is 15.5 Å².